The van der Waals surface area contributed by atoms with E-state index in [0.717, 1.165) is 31.5 Å². The Hall–Kier alpha value is -1.66. The van der Waals surface area contributed by atoms with Crippen molar-refractivity contribution in [1.29, 1.82) is 0 Å². The lowest BCUT2D eigenvalue weighted by Crippen LogP contribution is -2.41. The van der Waals surface area contributed by atoms with E-state index >= 15 is 0 Å². The van der Waals surface area contributed by atoms with Gasteiger partial charge in [-0.05, 0) is 31.0 Å². The van der Waals surface area contributed by atoms with Crippen molar-refractivity contribution in [3.05, 3.63) is 23.9 Å². The molecule has 1 atom stereocenters. The minimum absolute atomic E-state index is 0.0117. The lowest BCUT2D eigenvalue weighted by Gasteiger charge is -2.22. The van der Waals surface area contributed by atoms with Crippen LogP contribution in [0.1, 0.15) is 18.4 Å². The van der Waals surface area contributed by atoms with Crippen LogP contribution in [-0.2, 0) is 11.3 Å². The van der Waals surface area contributed by atoms with Crippen LogP contribution >= 0.6 is 0 Å². The summed E-state index contributed by atoms with van der Waals surface area (Å²) in [6.07, 6.45) is 3.78. The number of rotatable bonds is 4. The number of nitrogens with two attached hydrogens (primary N) is 1. The molecule has 0 aliphatic carbocycles. The van der Waals surface area contributed by atoms with E-state index in [1.807, 2.05) is 12.1 Å². The molecule has 0 radical (unpaired) electrons. The first kappa shape index (κ1) is 12.8. The van der Waals surface area contributed by atoms with Gasteiger partial charge in [0.15, 0.2) is 0 Å². The Bertz CT molecular complexity index is 405. The molecule has 2 heterocycles. The highest BCUT2D eigenvalue weighted by Gasteiger charge is 2.29. The number of hydrogen-bond acceptors (Lipinski definition) is 5. The summed E-state index contributed by atoms with van der Waals surface area (Å²) < 4.78 is 0. The van der Waals surface area contributed by atoms with Gasteiger partial charge in [0.2, 0.25) is 5.91 Å². The molecule has 6 heteroatoms. The maximum absolute atomic E-state index is 11.7. The molecule has 0 bridgehead atoms. The second kappa shape index (κ2) is 5.79. The molecule has 0 spiro atoms. The highest BCUT2D eigenvalue weighted by atomic mass is 16.2. The topological polar surface area (TPSA) is 83.3 Å². The Balaban J connectivity index is 2.01. The molecule has 0 aromatic carbocycles. The number of amides is 1. The Morgan fingerprint density at radius 3 is 3.06 bits per heavy atom. The van der Waals surface area contributed by atoms with Crippen molar-refractivity contribution in [2.45, 2.75) is 25.4 Å². The van der Waals surface area contributed by atoms with Gasteiger partial charge in [0.05, 0.1) is 6.04 Å². The minimum Gasteiger partial charge on any atom is -0.358 e. The van der Waals surface area contributed by atoms with E-state index in [-0.39, 0.29) is 11.9 Å². The lowest BCUT2D eigenvalue weighted by atomic mass is 10.2. The highest BCUT2D eigenvalue weighted by Crippen LogP contribution is 2.20. The molecule has 1 aromatic heterocycles. The van der Waals surface area contributed by atoms with Gasteiger partial charge in [-0.15, -0.1) is 0 Å². The van der Waals surface area contributed by atoms with E-state index < -0.39 is 0 Å². The van der Waals surface area contributed by atoms with Gasteiger partial charge in [-0.3, -0.25) is 9.69 Å². The predicted molar refractivity (Wildman–Crippen MR) is 69.5 cm³/mol. The number of carbonyl (C=O) groups excluding carboxylic acids is 1. The molecular formula is C12H19N5O. The number of carbonyl (C=O) groups is 1. The minimum atomic E-state index is -0.0117. The Kier molecular flexibility index (Phi) is 4.11. The molecule has 2 rings (SSSR count). The zero-order valence-corrected chi connectivity index (χ0v) is 10.5. The number of nitrogens with zero attached hydrogens (tertiary/aromatic N) is 2. The Morgan fingerprint density at radius 1 is 1.61 bits per heavy atom. The largest absolute Gasteiger partial charge is 0.358 e. The zero-order valence-electron chi connectivity index (χ0n) is 10.5. The maximum Gasteiger partial charge on any atom is 0.237 e. The third kappa shape index (κ3) is 2.77. The number of nitrogens with one attached hydrogen (secondary N) is 2. The summed E-state index contributed by atoms with van der Waals surface area (Å²) in [5.74, 6) is 6.01. The van der Waals surface area contributed by atoms with Crippen molar-refractivity contribution in [1.82, 2.24) is 15.2 Å². The lowest BCUT2D eigenvalue weighted by molar-refractivity contribution is -0.125. The number of pyridine rings is 1. The van der Waals surface area contributed by atoms with Gasteiger partial charge in [0.25, 0.3) is 0 Å². The fourth-order valence-corrected chi connectivity index (χ4v) is 2.32. The molecule has 18 heavy (non-hydrogen) atoms. The number of hydrazine groups is 1. The number of anilines is 1. The summed E-state index contributed by atoms with van der Waals surface area (Å²) in [4.78, 5) is 18.1. The smallest absolute Gasteiger partial charge is 0.237 e. The molecular weight excluding hydrogens is 230 g/mol. The van der Waals surface area contributed by atoms with Crippen LogP contribution in [0.4, 0.5) is 5.82 Å². The van der Waals surface area contributed by atoms with Gasteiger partial charge in [0.1, 0.15) is 5.82 Å². The first-order valence-corrected chi connectivity index (χ1v) is 6.12. The van der Waals surface area contributed by atoms with E-state index in [0.29, 0.717) is 5.82 Å². The van der Waals surface area contributed by atoms with Gasteiger partial charge in [-0.1, -0.05) is 6.07 Å². The zero-order chi connectivity index (χ0) is 13.0. The summed E-state index contributed by atoms with van der Waals surface area (Å²) >= 11 is 0. The summed E-state index contributed by atoms with van der Waals surface area (Å²) in [6.45, 7) is 1.70. The average Bonchev–Trinajstić information content (AvgIpc) is 2.87. The number of hydrogen-bond donors (Lipinski definition) is 3. The van der Waals surface area contributed by atoms with Crippen LogP contribution < -0.4 is 16.6 Å². The number of likely N-dealkylation sites (N-methyl/N-ethyl adjacent to an activating group) is 1. The molecule has 4 N–H and O–H groups in total. The van der Waals surface area contributed by atoms with Crippen LogP contribution in [0.3, 0.4) is 0 Å². The first-order chi connectivity index (χ1) is 8.74. The first-order valence-electron chi connectivity index (χ1n) is 6.12. The molecule has 98 valence electrons. The number of likely N-dealkylation sites (tertiary alicyclic amines) is 1. The van der Waals surface area contributed by atoms with Crippen LogP contribution in [0.25, 0.3) is 0 Å². The summed E-state index contributed by atoms with van der Waals surface area (Å²) in [7, 11) is 1.68. The number of nitrogen functional groups attached to an aromatic ring is 1. The fourth-order valence-electron chi connectivity index (χ4n) is 2.32. The average molecular weight is 249 g/mol. The van der Waals surface area contributed by atoms with E-state index in [2.05, 4.69) is 20.6 Å². The predicted octanol–water partition coefficient (Wildman–Crippen LogP) is 0.0776. The van der Waals surface area contributed by atoms with Crippen molar-refractivity contribution in [3.63, 3.8) is 0 Å². The summed E-state index contributed by atoms with van der Waals surface area (Å²) in [5.41, 5.74) is 3.58. The molecule has 1 amide bonds. The van der Waals surface area contributed by atoms with Gasteiger partial charge >= 0.3 is 0 Å². The molecule has 1 fully saturated rings. The van der Waals surface area contributed by atoms with Crippen molar-refractivity contribution < 1.29 is 4.79 Å². The van der Waals surface area contributed by atoms with Crippen molar-refractivity contribution in [2.24, 2.45) is 5.84 Å². The Labute approximate surface area is 107 Å². The molecule has 0 saturated carbocycles. The van der Waals surface area contributed by atoms with Gasteiger partial charge in [-0.2, -0.15) is 0 Å². The molecule has 1 aromatic rings. The second-order valence-electron chi connectivity index (χ2n) is 4.44. The Morgan fingerprint density at radius 2 is 2.44 bits per heavy atom. The van der Waals surface area contributed by atoms with Gasteiger partial charge in [0, 0.05) is 19.8 Å². The molecule has 1 unspecified atom stereocenters. The molecule has 1 aliphatic rings. The van der Waals surface area contributed by atoms with Crippen LogP contribution in [0.2, 0.25) is 0 Å². The SMILES string of the molecule is CNC(=O)C1CCCN1Cc1ccc(NN)nc1. The van der Waals surface area contributed by atoms with Crippen molar-refractivity contribution in [2.75, 3.05) is 19.0 Å². The summed E-state index contributed by atoms with van der Waals surface area (Å²) in [6, 6.07) is 3.80. The van der Waals surface area contributed by atoms with E-state index in [9.17, 15) is 4.79 Å². The highest BCUT2D eigenvalue weighted by molar-refractivity contribution is 5.81. The van der Waals surface area contributed by atoms with Crippen molar-refractivity contribution in [3.8, 4) is 0 Å². The van der Waals surface area contributed by atoms with Crippen LogP contribution in [0.5, 0.6) is 0 Å². The van der Waals surface area contributed by atoms with E-state index in [1.54, 1.807) is 13.2 Å². The van der Waals surface area contributed by atoms with Gasteiger partial charge in [-0.25, -0.2) is 10.8 Å². The van der Waals surface area contributed by atoms with Crippen LogP contribution in [-0.4, -0.2) is 35.4 Å². The van der Waals surface area contributed by atoms with E-state index in [4.69, 9.17) is 5.84 Å². The van der Waals surface area contributed by atoms with Gasteiger partial charge < -0.3 is 10.7 Å². The quantitative estimate of drug-likeness (QED) is 0.520. The molecule has 6 nitrogen and oxygen atoms in total. The fraction of sp³-hybridized carbons (Fsp3) is 0.500. The maximum atomic E-state index is 11.7. The summed E-state index contributed by atoms with van der Waals surface area (Å²) in [5, 5.41) is 2.72. The third-order valence-corrected chi connectivity index (χ3v) is 3.27. The number of aromatic nitrogens is 1. The molecule has 1 aliphatic heterocycles. The third-order valence-electron chi connectivity index (χ3n) is 3.27. The monoisotopic (exact) mass is 249 g/mol. The standard InChI is InChI=1S/C12H19N5O/c1-14-12(18)10-3-2-6-17(10)8-9-4-5-11(16-13)15-7-9/h4-5,7,10H,2-3,6,8,13H2,1H3,(H,14,18)(H,15,16). The van der Waals surface area contributed by atoms with Crippen LogP contribution in [0.15, 0.2) is 18.3 Å². The van der Waals surface area contributed by atoms with E-state index in [1.165, 1.54) is 0 Å². The van der Waals surface area contributed by atoms with Crippen molar-refractivity contribution >= 4 is 11.7 Å². The second-order valence-corrected chi connectivity index (χ2v) is 4.44. The van der Waals surface area contributed by atoms with Crippen LogP contribution in [0, 0.1) is 0 Å². The normalized spacial score (nSPS) is 19.8. The molecule has 1 saturated heterocycles.